The van der Waals surface area contributed by atoms with Crippen LogP contribution in [0.1, 0.15) is 29.8 Å². The number of nitrogens with one attached hydrogen (secondary N) is 1. The first-order chi connectivity index (χ1) is 18.8. The van der Waals surface area contributed by atoms with Crippen molar-refractivity contribution in [2.24, 2.45) is 7.05 Å². The van der Waals surface area contributed by atoms with E-state index >= 15 is 0 Å². The minimum atomic E-state index is -2.82. The minimum Gasteiger partial charge on any atom is -0.497 e. The Morgan fingerprint density at radius 2 is 1.51 bits per heavy atom. The Labute approximate surface area is 225 Å². The highest BCUT2D eigenvalue weighted by Gasteiger charge is 2.53. The van der Waals surface area contributed by atoms with Crippen molar-refractivity contribution in [3.8, 4) is 17.0 Å². The molecule has 0 aliphatic heterocycles. The molecule has 2 N–H and O–H groups in total. The van der Waals surface area contributed by atoms with Crippen LogP contribution in [0.15, 0.2) is 72.8 Å². The Morgan fingerprint density at radius 3 is 2.13 bits per heavy atom. The number of fused-ring (bicyclic) bond motifs is 1. The molecule has 4 rings (SSSR count). The van der Waals surface area contributed by atoms with E-state index < -0.39 is 17.5 Å². The van der Waals surface area contributed by atoms with E-state index in [0.717, 1.165) is 0 Å². The van der Waals surface area contributed by atoms with Gasteiger partial charge in [-0.25, -0.2) is 9.59 Å². The number of aliphatic hydroxyl groups is 1. The second-order valence-corrected chi connectivity index (χ2v) is 8.68. The fourth-order valence-electron chi connectivity index (χ4n) is 4.57. The molecule has 0 bridgehead atoms. The zero-order valence-corrected chi connectivity index (χ0v) is 22.2. The Hall–Kier alpha value is -4.63. The smallest absolute Gasteiger partial charge is 0.355 e. The van der Waals surface area contributed by atoms with Gasteiger partial charge in [-0.05, 0) is 50.2 Å². The van der Waals surface area contributed by atoms with E-state index in [2.05, 4.69) is 5.32 Å². The third kappa shape index (κ3) is 4.96. The molecule has 0 fully saturated rings. The van der Waals surface area contributed by atoms with Gasteiger partial charge in [0.05, 0.1) is 31.7 Å². The number of anilines is 1. The SMILES string of the molecule is CCOC(=O)C(O)(C(=O)OCC)c1c(-c2ccccc2NC(=O)c2ccccc2)n(C)c2ccc(OC)cc12. The van der Waals surface area contributed by atoms with Gasteiger partial charge in [-0.3, -0.25) is 4.79 Å². The average molecular weight is 531 g/mol. The maximum atomic E-state index is 13.3. The van der Waals surface area contributed by atoms with Gasteiger partial charge in [-0.1, -0.05) is 36.4 Å². The number of aryl methyl sites for hydroxylation is 1. The van der Waals surface area contributed by atoms with Crippen molar-refractivity contribution in [3.05, 3.63) is 83.9 Å². The van der Waals surface area contributed by atoms with Crippen molar-refractivity contribution in [2.75, 3.05) is 25.6 Å². The highest BCUT2D eigenvalue weighted by Crippen LogP contribution is 2.44. The highest BCUT2D eigenvalue weighted by molar-refractivity contribution is 6.12. The molecule has 0 aliphatic rings. The molecule has 0 saturated carbocycles. The quantitative estimate of drug-likeness (QED) is 0.243. The minimum absolute atomic E-state index is 0.0442. The molecule has 1 heterocycles. The lowest BCUT2D eigenvalue weighted by atomic mass is 9.88. The van der Waals surface area contributed by atoms with Crippen molar-refractivity contribution >= 4 is 34.4 Å². The second-order valence-electron chi connectivity index (χ2n) is 8.68. The molecule has 4 aromatic rings. The summed E-state index contributed by atoms with van der Waals surface area (Å²) < 4.78 is 17.5. The highest BCUT2D eigenvalue weighted by atomic mass is 16.6. The van der Waals surface area contributed by atoms with Gasteiger partial charge in [0.15, 0.2) is 0 Å². The summed E-state index contributed by atoms with van der Waals surface area (Å²) in [6.07, 6.45) is 0. The topological polar surface area (TPSA) is 116 Å². The molecule has 0 atom stereocenters. The molecular weight excluding hydrogens is 500 g/mol. The molecule has 1 aromatic heterocycles. The summed E-state index contributed by atoms with van der Waals surface area (Å²) in [6, 6.07) is 20.7. The van der Waals surface area contributed by atoms with Gasteiger partial charge in [0.1, 0.15) is 5.75 Å². The molecule has 9 nitrogen and oxygen atoms in total. The zero-order chi connectivity index (χ0) is 28.2. The summed E-state index contributed by atoms with van der Waals surface area (Å²) in [4.78, 5) is 39.7. The Kier molecular flexibility index (Phi) is 8.01. The summed E-state index contributed by atoms with van der Waals surface area (Å²) >= 11 is 0. The summed E-state index contributed by atoms with van der Waals surface area (Å²) in [5, 5.41) is 15.2. The van der Waals surface area contributed by atoms with Crippen LogP contribution in [0.4, 0.5) is 5.69 Å². The number of carbonyl (C=O) groups excluding carboxylic acids is 3. The second kappa shape index (κ2) is 11.4. The number of hydrogen-bond acceptors (Lipinski definition) is 7. The van der Waals surface area contributed by atoms with Crippen LogP contribution >= 0.6 is 0 Å². The predicted octanol–water partition coefficient (Wildman–Crippen LogP) is 4.42. The summed E-state index contributed by atoms with van der Waals surface area (Å²) in [7, 11) is 3.22. The standard InChI is InChI=1S/C30H30N2O7/c1-5-38-28(34)30(36,29(35)39-6-2)25-22-18-20(37-4)16-17-24(22)32(3)26(25)21-14-10-11-15-23(21)31-27(33)19-12-8-7-9-13-19/h7-18,36H,5-6H2,1-4H3,(H,31,33). The van der Waals surface area contributed by atoms with Crippen LogP contribution in [0.5, 0.6) is 5.75 Å². The van der Waals surface area contributed by atoms with Gasteiger partial charge >= 0.3 is 11.9 Å². The molecule has 0 saturated heterocycles. The zero-order valence-electron chi connectivity index (χ0n) is 22.2. The van der Waals surface area contributed by atoms with Gasteiger partial charge in [-0.2, -0.15) is 0 Å². The molecule has 0 aliphatic carbocycles. The Morgan fingerprint density at radius 1 is 0.897 bits per heavy atom. The van der Waals surface area contributed by atoms with Crippen LogP contribution in [-0.4, -0.2) is 47.8 Å². The third-order valence-electron chi connectivity index (χ3n) is 6.38. The van der Waals surface area contributed by atoms with Crippen molar-refractivity contribution in [2.45, 2.75) is 19.4 Å². The van der Waals surface area contributed by atoms with Crippen molar-refractivity contribution in [1.29, 1.82) is 0 Å². The van der Waals surface area contributed by atoms with E-state index in [1.165, 1.54) is 7.11 Å². The summed E-state index contributed by atoms with van der Waals surface area (Å²) in [5.74, 6) is -2.26. The van der Waals surface area contributed by atoms with Crippen LogP contribution in [0, 0.1) is 0 Å². The van der Waals surface area contributed by atoms with E-state index in [1.807, 2.05) is 6.07 Å². The van der Waals surface area contributed by atoms with Crippen LogP contribution < -0.4 is 10.1 Å². The Bertz CT molecular complexity index is 1510. The van der Waals surface area contributed by atoms with Gasteiger partial charge in [-0.15, -0.1) is 0 Å². The number of aromatic nitrogens is 1. The fraction of sp³-hybridized carbons (Fsp3) is 0.233. The lowest BCUT2D eigenvalue weighted by Crippen LogP contribution is -2.46. The largest absolute Gasteiger partial charge is 0.497 e. The van der Waals surface area contributed by atoms with Gasteiger partial charge in [0.2, 0.25) is 0 Å². The third-order valence-corrected chi connectivity index (χ3v) is 6.38. The Balaban J connectivity index is 2.04. The van der Waals surface area contributed by atoms with Crippen molar-refractivity contribution in [1.82, 2.24) is 4.57 Å². The average Bonchev–Trinajstić information content (AvgIpc) is 3.25. The number of carbonyl (C=O) groups is 3. The van der Waals surface area contributed by atoms with E-state index in [-0.39, 0.29) is 24.7 Å². The number of rotatable bonds is 9. The molecule has 9 heteroatoms. The number of para-hydroxylation sites is 1. The fourth-order valence-corrected chi connectivity index (χ4v) is 4.57. The number of nitrogens with zero attached hydrogens (tertiary/aromatic N) is 1. The monoisotopic (exact) mass is 530 g/mol. The normalized spacial score (nSPS) is 11.2. The first-order valence-electron chi connectivity index (χ1n) is 12.5. The number of ether oxygens (including phenoxy) is 3. The number of amides is 1. The van der Waals surface area contributed by atoms with Crippen molar-refractivity contribution < 1.29 is 33.7 Å². The molecule has 1 amide bonds. The number of esters is 2. The van der Waals surface area contributed by atoms with Crippen LogP contribution in [-0.2, 0) is 31.7 Å². The molecule has 3 aromatic carbocycles. The van der Waals surface area contributed by atoms with Gasteiger partial charge in [0, 0.05) is 34.6 Å². The molecule has 0 spiro atoms. The van der Waals surface area contributed by atoms with Crippen LogP contribution in [0.25, 0.3) is 22.2 Å². The lowest BCUT2D eigenvalue weighted by molar-refractivity contribution is -0.184. The molecule has 0 unspecified atom stereocenters. The maximum Gasteiger partial charge on any atom is 0.355 e. The predicted molar refractivity (Wildman–Crippen MR) is 146 cm³/mol. The van der Waals surface area contributed by atoms with E-state index in [4.69, 9.17) is 14.2 Å². The maximum absolute atomic E-state index is 13.3. The molecule has 39 heavy (non-hydrogen) atoms. The summed E-state index contributed by atoms with van der Waals surface area (Å²) in [6.45, 7) is 3.00. The van der Waals surface area contributed by atoms with Gasteiger partial charge in [0.25, 0.3) is 11.5 Å². The first-order valence-corrected chi connectivity index (χ1v) is 12.5. The number of benzene rings is 3. The molecule has 202 valence electrons. The molecular formula is C30H30N2O7. The van der Waals surface area contributed by atoms with E-state index in [9.17, 15) is 19.5 Å². The van der Waals surface area contributed by atoms with Crippen LogP contribution in [0.2, 0.25) is 0 Å². The lowest BCUT2D eigenvalue weighted by Gasteiger charge is -2.26. The van der Waals surface area contributed by atoms with Crippen LogP contribution in [0.3, 0.4) is 0 Å². The summed E-state index contributed by atoms with van der Waals surface area (Å²) in [5.41, 5.74) is -0.644. The first kappa shape index (κ1) is 27.4. The van der Waals surface area contributed by atoms with E-state index in [1.54, 1.807) is 92.2 Å². The molecule has 0 radical (unpaired) electrons. The van der Waals surface area contributed by atoms with Gasteiger partial charge < -0.3 is 29.2 Å². The van der Waals surface area contributed by atoms with E-state index in [0.29, 0.717) is 39.2 Å². The number of hydrogen-bond donors (Lipinski definition) is 2. The van der Waals surface area contributed by atoms with Crippen molar-refractivity contribution in [3.63, 3.8) is 0 Å². The number of methoxy groups -OCH3 is 1.